The average molecular weight is 317 g/mol. The van der Waals surface area contributed by atoms with Gasteiger partial charge < -0.3 is 14.4 Å². The topological polar surface area (TPSA) is 47.3 Å². The van der Waals surface area contributed by atoms with Crippen LogP contribution in [0.1, 0.15) is 6.42 Å². The van der Waals surface area contributed by atoms with E-state index in [9.17, 15) is 0 Å². The van der Waals surface area contributed by atoms with Crippen molar-refractivity contribution in [1.29, 1.82) is 0 Å². The number of imidazole rings is 1. The second-order valence-corrected chi connectivity index (χ2v) is 5.51. The van der Waals surface area contributed by atoms with Gasteiger partial charge in [-0.05, 0) is 36.4 Å². The molecular formula is C17H17ClN2O2. The highest BCUT2D eigenvalue weighted by atomic mass is 35.5. The van der Waals surface area contributed by atoms with Gasteiger partial charge in [0.05, 0.1) is 17.6 Å². The van der Waals surface area contributed by atoms with Gasteiger partial charge in [-0.3, -0.25) is 0 Å². The average Bonchev–Trinajstić information content (AvgIpc) is 2.85. The van der Waals surface area contributed by atoms with Crippen LogP contribution in [-0.2, 0) is 7.05 Å². The summed E-state index contributed by atoms with van der Waals surface area (Å²) in [5.74, 6) is 1.65. The molecule has 0 radical (unpaired) electrons. The largest absolute Gasteiger partial charge is 0.493 e. The second-order valence-electron chi connectivity index (χ2n) is 5.08. The Morgan fingerprint density at radius 3 is 2.68 bits per heavy atom. The van der Waals surface area contributed by atoms with Crippen LogP contribution in [0.25, 0.3) is 22.4 Å². The molecule has 0 saturated carbocycles. The van der Waals surface area contributed by atoms with Crippen molar-refractivity contribution in [2.24, 2.45) is 7.05 Å². The van der Waals surface area contributed by atoms with Crippen molar-refractivity contribution >= 4 is 22.6 Å². The Balaban J connectivity index is 1.95. The maximum atomic E-state index is 8.80. The minimum absolute atomic E-state index is 0.131. The number of fused-ring (bicyclic) bond motifs is 1. The highest BCUT2D eigenvalue weighted by Crippen LogP contribution is 2.27. The van der Waals surface area contributed by atoms with E-state index >= 15 is 0 Å². The standard InChI is InChI=1S/C17H17ClN2O2/c1-20-16-8-7-14(22-10-2-9-21)11-15(16)19-17(20)12-3-5-13(18)6-4-12/h3-8,11,21H,2,9-10H2,1H3. The first-order valence-corrected chi connectivity index (χ1v) is 7.53. The number of hydrogen-bond acceptors (Lipinski definition) is 3. The van der Waals surface area contributed by atoms with Gasteiger partial charge in [0.1, 0.15) is 11.6 Å². The Morgan fingerprint density at radius 1 is 1.18 bits per heavy atom. The van der Waals surface area contributed by atoms with E-state index in [4.69, 9.17) is 26.4 Å². The van der Waals surface area contributed by atoms with Crippen molar-refractivity contribution < 1.29 is 9.84 Å². The van der Waals surface area contributed by atoms with Crippen LogP contribution >= 0.6 is 11.6 Å². The van der Waals surface area contributed by atoms with E-state index in [1.807, 2.05) is 49.5 Å². The van der Waals surface area contributed by atoms with E-state index in [-0.39, 0.29) is 6.61 Å². The predicted octanol–water partition coefficient (Wildman–Crippen LogP) is 3.65. The Morgan fingerprint density at radius 2 is 1.95 bits per heavy atom. The second kappa shape index (κ2) is 6.38. The number of aryl methyl sites for hydroxylation is 1. The molecule has 0 fully saturated rings. The summed E-state index contributed by atoms with van der Waals surface area (Å²) in [5, 5.41) is 9.51. The van der Waals surface area contributed by atoms with Crippen LogP contribution in [0.2, 0.25) is 5.02 Å². The summed E-state index contributed by atoms with van der Waals surface area (Å²) in [6.45, 7) is 0.630. The number of rotatable bonds is 5. The van der Waals surface area contributed by atoms with Gasteiger partial charge in [0.25, 0.3) is 0 Å². The van der Waals surface area contributed by atoms with Gasteiger partial charge in [0.15, 0.2) is 0 Å². The van der Waals surface area contributed by atoms with Crippen LogP contribution in [0.3, 0.4) is 0 Å². The summed E-state index contributed by atoms with van der Waals surface area (Å²) in [6.07, 6.45) is 0.621. The van der Waals surface area contributed by atoms with Crippen molar-refractivity contribution in [1.82, 2.24) is 9.55 Å². The third kappa shape index (κ3) is 2.93. The summed E-state index contributed by atoms with van der Waals surface area (Å²) < 4.78 is 7.65. The summed E-state index contributed by atoms with van der Waals surface area (Å²) in [7, 11) is 1.99. The van der Waals surface area contributed by atoms with Crippen LogP contribution in [0.4, 0.5) is 0 Å². The van der Waals surface area contributed by atoms with Crippen molar-refractivity contribution in [2.45, 2.75) is 6.42 Å². The fourth-order valence-electron chi connectivity index (χ4n) is 2.38. The molecule has 0 unspecified atom stereocenters. The predicted molar refractivity (Wildman–Crippen MR) is 88.4 cm³/mol. The van der Waals surface area contributed by atoms with Gasteiger partial charge in [0, 0.05) is 36.7 Å². The molecule has 22 heavy (non-hydrogen) atoms. The zero-order chi connectivity index (χ0) is 15.5. The molecule has 0 bridgehead atoms. The van der Waals surface area contributed by atoms with E-state index in [2.05, 4.69) is 4.57 Å². The third-order valence-electron chi connectivity index (χ3n) is 3.53. The summed E-state index contributed by atoms with van der Waals surface area (Å²) >= 11 is 5.94. The van der Waals surface area contributed by atoms with Crippen LogP contribution in [0.5, 0.6) is 5.75 Å². The first-order chi connectivity index (χ1) is 10.7. The Kier molecular flexibility index (Phi) is 4.32. The molecule has 114 valence electrons. The molecule has 2 aromatic carbocycles. The molecule has 1 N–H and O–H groups in total. The molecule has 1 aromatic heterocycles. The Hall–Kier alpha value is -2.04. The molecule has 3 rings (SSSR count). The monoisotopic (exact) mass is 316 g/mol. The van der Waals surface area contributed by atoms with Gasteiger partial charge in [-0.1, -0.05) is 11.6 Å². The molecule has 0 amide bonds. The highest BCUT2D eigenvalue weighted by molar-refractivity contribution is 6.30. The molecule has 3 aromatic rings. The van der Waals surface area contributed by atoms with Gasteiger partial charge >= 0.3 is 0 Å². The molecule has 0 saturated heterocycles. The van der Waals surface area contributed by atoms with Gasteiger partial charge in [-0.15, -0.1) is 0 Å². The number of aliphatic hydroxyl groups is 1. The number of nitrogens with zero attached hydrogens (tertiary/aromatic N) is 2. The molecule has 1 heterocycles. The SMILES string of the molecule is Cn1c(-c2ccc(Cl)cc2)nc2cc(OCCCO)ccc21. The molecule has 0 aliphatic rings. The van der Waals surface area contributed by atoms with Crippen LogP contribution in [-0.4, -0.2) is 27.9 Å². The van der Waals surface area contributed by atoms with E-state index in [1.54, 1.807) is 0 Å². The zero-order valence-electron chi connectivity index (χ0n) is 12.3. The fourth-order valence-corrected chi connectivity index (χ4v) is 2.51. The number of benzene rings is 2. The van der Waals surface area contributed by atoms with Crippen molar-refractivity contribution in [3.63, 3.8) is 0 Å². The summed E-state index contributed by atoms with van der Waals surface area (Å²) in [6, 6.07) is 13.5. The van der Waals surface area contributed by atoms with E-state index in [0.717, 1.165) is 28.2 Å². The van der Waals surface area contributed by atoms with E-state index in [0.29, 0.717) is 18.1 Å². The van der Waals surface area contributed by atoms with Crippen molar-refractivity contribution in [3.8, 4) is 17.1 Å². The molecule has 0 aliphatic heterocycles. The molecule has 5 heteroatoms. The lowest BCUT2D eigenvalue weighted by Crippen LogP contribution is -1.99. The lowest BCUT2D eigenvalue weighted by Gasteiger charge is -2.05. The smallest absolute Gasteiger partial charge is 0.140 e. The van der Waals surface area contributed by atoms with Crippen LogP contribution < -0.4 is 4.74 Å². The summed E-state index contributed by atoms with van der Waals surface area (Å²) in [5.41, 5.74) is 2.94. The van der Waals surface area contributed by atoms with E-state index in [1.165, 1.54) is 0 Å². The Labute approximate surface area is 133 Å². The molecular weight excluding hydrogens is 300 g/mol. The normalized spacial score (nSPS) is 11.0. The summed E-state index contributed by atoms with van der Waals surface area (Å²) in [4.78, 5) is 4.69. The maximum Gasteiger partial charge on any atom is 0.140 e. The van der Waals surface area contributed by atoms with Gasteiger partial charge in [-0.25, -0.2) is 4.98 Å². The number of halogens is 1. The van der Waals surface area contributed by atoms with Crippen LogP contribution in [0.15, 0.2) is 42.5 Å². The first kappa shape index (κ1) is 14.9. The highest BCUT2D eigenvalue weighted by Gasteiger charge is 2.10. The first-order valence-electron chi connectivity index (χ1n) is 7.15. The molecule has 0 atom stereocenters. The lowest BCUT2D eigenvalue weighted by atomic mass is 10.2. The minimum atomic E-state index is 0.131. The lowest BCUT2D eigenvalue weighted by molar-refractivity contribution is 0.233. The molecule has 0 aliphatic carbocycles. The van der Waals surface area contributed by atoms with Gasteiger partial charge in [-0.2, -0.15) is 0 Å². The fraction of sp³-hybridized carbons (Fsp3) is 0.235. The van der Waals surface area contributed by atoms with E-state index < -0.39 is 0 Å². The maximum absolute atomic E-state index is 8.80. The number of aromatic nitrogens is 2. The molecule has 0 spiro atoms. The van der Waals surface area contributed by atoms with Crippen LogP contribution in [0, 0.1) is 0 Å². The third-order valence-corrected chi connectivity index (χ3v) is 3.78. The number of hydrogen-bond donors (Lipinski definition) is 1. The Bertz CT molecular complexity index is 781. The van der Waals surface area contributed by atoms with Crippen molar-refractivity contribution in [3.05, 3.63) is 47.5 Å². The zero-order valence-corrected chi connectivity index (χ0v) is 13.0. The minimum Gasteiger partial charge on any atom is -0.493 e. The number of aliphatic hydroxyl groups excluding tert-OH is 1. The van der Waals surface area contributed by atoms with Gasteiger partial charge in [0.2, 0.25) is 0 Å². The quantitative estimate of drug-likeness (QED) is 0.731. The van der Waals surface area contributed by atoms with Crippen molar-refractivity contribution in [2.75, 3.05) is 13.2 Å². The molecule has 4 nitrogen and oxygen atoms in total. The number of ether oxygens (including phenoxy) is 1.